The second-order valence-corrected chi connectivity index (χ2v) is 11.6. The summed E-state index contributed by atoms with van der Waals surface area (Å²) >= 11 is 3.07. The third-order valence-electron chi connectivity index (χ3n) is 7.59. The maximum Gasteiger partial charge on any atom is 0.308 e. The number of ether oxygens (including phenoxy) is 1. The number of anilines is 1. The minimum Gasteiger partial charge on any atom is -0.496 e. The van der Waals surface area contributed by atoms with E-state index in [0.29, 0.717) is 28.7 Å². The van der Waals surface area contributed by atoms with Crippen LogP contribution in [0.25, 0.3) is 0 Å². The topological polar surface area (TPSA) is 60.3 Å². The lowest BCUT2D eigenvalue weighted by Gasteiger charge is -2.40. The van der Waals surface area contributed by atoms with Crippen molar-refractivity contribution in [1.82, 2.24) is 4.57 Å². The molecule has 176 valence electrons. The summed E-state index contributed by atoms with van der Waals surface area (Å²) in [5, 5.41) is 4.16. The van der Waals surface area contributed by atoms with Crippen LogP contribution in [0.3, 0.4) is 0 Å². The van der Waals surface area contributed by atoms with Gasteiger partial charge in [-0.15, -0.1) is 11.8 Å². The number of thioether (sulfide) groups is 1. The molecular weight excluding hydrogens is 471 g/mol. The Kier molecular flexibility index (Phi) is 5.53. The van der Waals surface area contributed by atoms with E-state index >= 15 is 0 Å². The Morgan fingerprint density at radius 1 is 1.15 bits per heavy atom. The highest BCUT2D eigenvalue weighted by molar-refractivity contribution is 8.00. The van der Waals surface area contributed by atoms with Crippen molar-refractivity contribution in [3.63, 3.8) is 0 Å². The zero-order valence-corrected chi connectivity index (χ0v) is 20.3. The van der Waals surface area contributed by atoms with Gasteiger partial charge in [-0.25, -0.2) is 4.39 Å². The van der Waals surface area contributed by atoms with Crippen LogP contribution in [0.15, 0.2) is 58.4 Å². The molecule has 34 heavy (non-hydrogen) atoms. The first-order chi connectivity index (χ1) is 16.5. The summed E-state index contributed by atoms with van der Waals surface area (Å²) in [4.78, 5) is 26.9. The lowest BCUT2D eigenvalue weighted by molar-refractivity contribution is -0.116. The number of nitrogens with zero attached hydrogens (tertiary/aromatic N) is 1. The van der Waals surface area contributed by atoms with Gasteiger partial charge in [-0.3, -0.25) is 14.2 Å². The highest BCUT2D eigenvalue weighted by Gasteiger charge is 2.55. The van der Waals surface area contributed by atoms with Crippen LogP contribution in [-0.4, -0.2) is 22.8 Å². The molecule has 1 amide bonds. The standard InChI is InChI=1S/C26H25FN2O3S2/c1-32-19-5-3-2-4-18(19)22-21-14-6-7-15(12-14)23(21)33-25-24(22)34-26(31)29(25)13-20(30)28-17-10-8-16(27)9-11-17/h2-5,8-11,14-15,21-23H,6-7,12-13H2,1H3,(H,28,30)/t14-,15-,21-,22-,23+/m0/s1. The Balaban J connectivity index is 1.38. The van der Waals surface area contributed by atoms with Crippen LogP contribution in [-0.2, 0) is 11.3 Å². The number of carbonyl (C=O) groups excluding carboxylic acids is 1. The fourth-order valence-electron chi connectivity index (χ4n) is 6.24. The number of para-hydroxylation sites is 1. The molecule has 2 bridgehead atoms. The number of amides is 1. The van der Waals surface area contributed by atoms with Crippen molar-refractivity contribution in [3.05, 3.63) is 74.5 Å². The predicted molar refractivity (Wildman–Crippen MR) is 132 cm³/mol. The summed E-state index contributed by atoms with van der Waals surface area (Å²) in [7, 11) is 1.70. The minimum absolute atomic E-state index is 0.0564. The van der Waals surface area contributed by atoms with Crippen LogP contribution < -0.4 is 14.9 Å². The van der Waals surface area contributed by atoms with Gasteiger partial charge >= 0.3 is 4.87 Å². The third-order valence-corrected chi connectivity index (χ3v) is 10.4. The molecule has 8 heteroatoms. The molecule has 5 nitrogen and oxygen atoms in total. The van der Waals surface area contributed by atoms with Crippen LogP contribution >= 0.6 is 23.1 Å². The molecule has 0 radical (unpaired) electrons. The normalized spacial score (nSPS) is 26.7. The van der Waals surface area contributed by atoms with E-state index in [1.807, 2.05) is 18.2 Å². The maximum absolute atomic E-state index is 13.2. The van der Waals surface area contributed by atoms with Crippen molar-refractivity contribution >= 4 is 34.7 Å². The lowest BCUT2D eigenvalue weighted by Crippen LogP contribution is -2.35. The van der Waals surface area contributed by atoms with Crippen LogP contribution in [0.4, 0.5) is 10.1 Å². The van der Waals surface area contributed by atoms with Gasteiger partial charge in [0, 0.05) is 27.3 Å². The lowest BCUT2D eigenvalue weighted by atomic mass is 9.74. The van der Waals surface area contributed by atoms with Gasteiger partial charge in [0.15, 0.2) is 0 Å². The zero-order valence-electron chi connectivity index (χ0n) is 18.7. The number of hydrogen-bond acceptors (Lipinski definition) is 5. The van der Waals surface area contributed by atoms with Gasteiger partial charge in [0.2, 0.25) is 5.91 Å². The summed E-state index contributed by atoms with van der Waals surface area (Å²) in [5.74, 6) is 2.10. The number of aromatic nitrogens is 1. The van der Waals surface area contributed by atoms with E-state index in [4.69, 9.17) is 4.74 Å². The molecule has 3 aromatic rings. The number of carbonyl (C=O) groups is 1. The summed E-state index contributed by atoms with van der Waals surface area (Å²) in [6, 6.07) is 13.8. The molecule has 1 aromatic heterocycles. The summed E-state index contributed by atoms with van der Waals surface area (Å²) in [6.45, 7) is -0.0564. The van der Waals surface area contributed by atoms with Crippen molar-refractivity contribution in [2.24, 2.45) is 17.8 Å². The molecule has 1 N–H and O–H groups in total. The number of halogens is 1. The van der Waals surface area contributed by atoms with E-state index in [2.05, 4.69) is 11.4 Å². The number of thiazole rings is 1. The predicted octanol–water partition coefficient (Wildman–Crippen LogP) is 5.35. The van der Waals surface area contributed by atoms with Gasteiger partial charge < -0.3 is 10.1 Å². The summed E-state index contributed by atoms with van der Waals surface area (Å²) < 4.78 is 20.6. The van der Waals surface area contributed by atoms with Gasteiger partial charge in [0.1, 0.15) is 18.1 Å². The van der Waals surface area contributed by atoms with Gasteiger partial charge in [-0.2, -0.15) is 0 Å². The van der Waals surface area contributed by atoms with Crippen LogP contribution in [0.5, 0.6) is 5.75 Å². The van der Waals surface area contributed by atoms with Crippen molar-refractivity contribution < 1.29 is 13.9 Å². The largest absolute Gasteiger partial charge is 0.496 e. The molecular formula is C26H25FN2O3S2. The quantitative estimate of drug-likeness (QED) is 0.517. The van der Waals surface area contributed by atoms with E-state index in [-0.39, 0.29) is 29.1 Å². The SMILES string of the molecule is COc1ccccc1[C@@H]1c2sc(=O)n(CC(=O)Nc3ccc(F)cc3)c2S[C@@H]2[C@H]3CC[C@@H](C3)[C@@H]12. The number of benzene rings is 2. The van der Waals surface area contributed by atoms with Crippen LogP contribution in [0, 0.1) is 23.6 Å². The average molecular weight is 497 g/mol. The third kappa shape index (κ3) is 3.58. The number of hydrogen-bond donors (Lipinski definition) is 1. The Bertz CT molecular complexity index is 1300. The number of methoxy groups -OCH3 is 1. The van der Waals surface area contributed by atoms with Gasteiger partial charge in [-0.05, 0) is 67.3 Å². The van der Waals surface area contributed by atoms with E-state index in [1.165, 1.54) is 54.9 Å². The highest BCUT2D eigenvalue weighted by Crippen LogP contribution is 2.64. The second kappa shape index (κ2) is 8.57. The van der Waals surface area contributed by atoms with Gasteiger partial charge in [0.25, 0.3) is 0 Å². The summed E-state index contributed by atoms with van der Waals surface area (Å²) in [5.41, 5.74) is 1.65. The van der Waals surface area contributed by atoms with E-state index in [0.717, 1.165) is 21.2 Å². The molecule has 0 saturated heterocycles. The highest BCUT2D eigenvalue weighted by atomic mass is 32.2. The van der Waals surface area contributed by atoms with E-state index < -0.39 is 0 Å². The molecule has 0 spiro atoms. The molecule has 3 aliphatic rings. The Hall–Kier alpha value is -2.58. The molecule has 2 heterocycles. The first-order valence-electron chi connectivity index (χ1n) is 11.6. The van der Waals surface area contributed by atoms with E-state index in [9.17, 15) is 14.0 Å². The number of rotatable bonds is 5. The van der Waals surface area contributed by atoms with Crippen LogP contribution in [0.2, 0.25) is 0 Å². The molecule has 5 atom stereocenters. The van der Waals surface area contributed by atoms with Crippen molar-refractivity contribution in [3.8, 4) is 5.75 Å². The molecule has 2 saturated carbocycles. The summed E-state index contributed by atoms with van der Waals surface area (Å²) in [6.07, 6.45) is 3.74. The molecule has 2 aromatic carbocycles. The maximum atomic E-state index is 13.2. The van der Waals surface area contributed by atoms with Gasteiger partial charge in [0.05, 0.1) is 12.1 Å². The number of nitrogens with one attached hydrogen (secondary N) is 1. The molecule has 0 unspecified atom stereocenters. The second-order valence-electron chi connectivity index (χ2n) is 9.39. The average Bonchev–Trinajstić information content (AvgIpc) is 3.54. The van der Waals surface area contributed by atoms with Gasteiger partial charge in [-0.1, -0.05) is 29.5 Å². The van der Waals surface area contributed by atoms with E-state index in [1.54, 1.807) is 23.4 Å². The zero-order chi connectivity index (χ0) is 23.4. The molecule has 6 rings (SSSR count). The molecule has 2 fully saturated rings. The van der Waals surface area contributed by atoms with Crippen molar-refractivity contribution in [1.29, 1.82) is 0 Å². The minimum atomic E-state index is -0.361. The fourth-order valence-corrected chi connectivity index (χ4v) is 9.38. The first kappa shape index (κ1) is 21.9. The Labute approximate surface area is 205 Å². The molecule has 2 aliphatic carbocycles. The van der Waals surface area contributed by atoms with Crippen LogP contribution in [0.1, 0.15) is 35.6 Å². The molecule has 1 aliphatic heterocycles. The smallest absolute Gasteiger partial charge is 0.308 e. The van der Waals surface area contributed by atoms with Crippen molar-refractivity contribution in [2.75, 3.05) is 12.4 Å². The Morgan fingerprint density at radius 3 is 2.71 bits per heavy atom. The first-order valence-corrected chi connectivity index (χ1v) is 13.3. The van der Waals surface area contributed by atoms with Crippen molar-refractivity contribution in [2.45, 2.75) is 42.0 Å². The monoisotopic (exact) mass is 496 g/mol. The Morgan fingerprint density at radius 2 is 1.91 bits per heavy atom. The fraction of sp³-hybridized carbons (Fsp3) is 0.385. The number of fused-ring (bicyclic) bond motifs is 6.